The number of carbonyl (C=O) groups is 2. The summed E-state index contributed by atoms with van der Waals surface area (Å²) >= 11 is 0. The monoisotopic (exact) mass is 391 g/mol. The van der Waals surface area contributed by atoms with Gasteiger partial charge in [0.25, 0.3) is 5.91 Å². The lowest BCUT2D eigenvalue weighted by atomic mass is 9.96. The Morgan fingerprint density at radius 1 is 1.07 bits per heavy atom. The summed E-state index contributed by atoms with van der Waals surface area (Å²) in [6.45, 7) is 3.76. The van der Waals surface area contributed by atoms with Gasteiger partial charge in [0.15, 0.2) is 0 Å². The molecule has 2 aliphatic rings. The maximum absolute atomic E-state index is 12.9. The van der Waals surface area contributed by atoms with E-state index in [1.807, 2.05) is 59.5 Å². The molecule has 0 spiro atoms. The number of hydrogen-bond acceptors (Lipinski definition) is 3. The molecule has 0 bridgehead atoms. The van der Waals surface area contributed by atoms with Crippen molar-refractivity contribution >= 4 is 11.9 Å². The van der Waals surface area contributed by atoms with Crippen molar-refractivity contribution in [2.45, 2.75) is 32.4 Å². The first kappa shape index (κ1) is 19.1. The van der Waals surface area contributed by atoms with Crippen LogP contribution in [0.15, 0.2) is 65.9 Å². The Hall–Kier alpha value is -3.28. The fourth-order valence-corrected chi connectivity index (χ4v) is 3.71. The number of hydrogen-bond donors (Lipinski definition) is 2. The van der Waals surface area contributed by atoms with Gasteiger partial charge in [0, 0.05) is 6.54 Å². The molecule has 0 aliphatic carbocycles. The standard InChI is InChI=1S/C23H25N3O3/c1-2-3-13-26-14-19-20(22(26)27)21(25-23(28)24-19)17-9-11-18(12-10-17)29-15-16-7-5-4-6-8-16/h4-12,21H,2-3,13-15H2,1H3,(H2,24,25,28)/t21-/m0/s1. The topological polar surface area (TPSA) is 70.7 Å². The van der Waals surface area contributed by atoms with Gasteiger partial charge in [-0.05, 0) is 29.7 Å². The van der Waals surface area contributed by atoms with Crippen molar-refractivity contribution in [2.24, 2.45) is 0 Å². The molecule has 150 valence electrons. The maximum Gasteiger partial charge on any atom is 0.319 e. The summed E-state index contributed by atoms with van der Waals surface area (Å²) in [5.41, 5.74) is 3.31. The summed E-state index contributed by atoms with van der Waals surface area (Å²) in [7, 11) is 0. The quantitative estimate of drug-likeness (QED) is 0.759. The largest absolute Gasteiger partial charge is 0.489 e. The summed E-state index contributed by atoms with van der Waals surface area (Å²) in [6, 6.07) is 16.8. The lowest BCUT2D eigenvalue weighted by Crippen LogP contribution is -2.44. The minimum atomic E-state index is -0.443. The van der Waals surface area contributed by atoms with Crippen LogP contribution in [-0.2, 0) is 11.4 Å². The van der Waals surface area contributed by atoms with Crippen molar-refractivity contribution in [3.8, 4) is 5.75 Å². The molecular weight excluding hydrogens is 366 g/mol. The zero-order chi connectivity index (χ0) is 20.2. The van der Waals surface area contributed by atoms with Crippen LogP contribution in [0.3, 0.4) is 0 Å². The van der Waals surface area contributed by atoms with E-state index in [4.69, 9.17) is 4.74 Å². The first-order valence-corrected chi connectivity index (χ1v) is 10.0. The molecular formula is C23H25N3O3. The molecule has 2 N–H and O–H groups in total. The molecule has 2 aromatic rings. The van der Waals surface area contributed by atoms with Crippen LogP contribution < -0.4 is 15.4 Å². The molecule has 3 amide bonds. The highest BCUT2D eigenvalue weighted by Crippen LogP contribution is 2.33. The zero-order valence-corrected chi connectivity index (χ0v) is 16.5. The van der Waals surface area contributed by atoms with E-state index in [2.05, 4.69) is 17.6 Å². The van der Waals surface area contributed by atoms with Gasteiger partial charge in [-0.1, -0.05) is 55.8 Å². The third-order valence-electron chi connectivity index (χ3n) is 5.26. The third-order valence-corrected chi connectivity index (χ3v) is 5.26. The van der Waals surface area contributed by atoms with Crippen molar-refractivity contribution < 1.29 is 14.3 Å². The number of nitrogens with one attached hydrogen (secondary N) is 2. The second-order valence-electron chi connectivity index (χ2n) is 7.35. The molecule has 2 aliphatic heterocycles. The van der Waals surface area contributed by atoms with Crippen LogP contribution in [0.25, 0.3) is 0 Å². The van der Waals surface area contributed by atoms with E-state index in [0.717, 1.165) is 29.7 Å². The van der Waals surface area contributed by atoms with Crippen molar-refractivity contribution in [2.75, 3.05) is 13.1 Å². The van der Waals surface area contributed by atoms with Gasteiger partial charge in [-0.25, -0.2) is 4.79 Å². The van der Waals surface area contributed by atoms with E-state index in [-0.39, 0.29) is 11.9 Å². The number of nitrogens with zero attached hydrogens (tertiary/aromatic N) is 1. The highest BCUT2D eigenvalue weighted by atomic mass is 16.5. The van der Waals surface area contributed by atoms with Gasteiger partial charge in [0.2, 0.25) is 0 Å². The highest BCUT2D eigenvalue weighted by Gasteiger charge is 2.39. The SMILES string of the molecule is CCCCN1CC2=C(C1=O)[C@H](c1ccc(OCc3ccccc3)cc1)NC(=O)N2. The molecule has 0 saturated heterocycles. The number of urea groups is 1. The van der Waals surface area contributed by atoms with Gasteiger partial charge in [0.1, 0.15) is 12.4 Å². The predicted octanol–water partition coefficient (Wildman–Crippen LogP) is 3.52. The molecule has 29 heavy (non-hydrogen) atoms. The van der Waals surface area contributed by atoms with Gasteiger partial charge in [-0.3, -0.25) is 4.79 Å². The van der Waals surface area contributed by atoms with E-state index >= 15 is 0 Å². The second kappa shape index (κ2) is 8.39. The number of ether oxygens (including phenoxy) is 1. The minimum absolute atomic E-state index is 0.00430. The Bertz CT molecular complexity index is 922. The van der Waals surface area contributed by atoms with Crippen LogP contribution in [0.4, 0.5) is 4.79 Å². The minimum Gasteiger partial charge on any atom is -0.489 e. The molecule has 1 atom stereocenters. The lowest BCUT2D eigenvalue weighted by molar-refractivity contribution is -0.125. The van der Waals surface area contributed by atoms with Crippen molar-refractivity contribution in [1.82, 2.24) is 15.5 Å². The summed E-state index contributed by atoms with van der Waals surface area (Å²) in [5, 5.41) is 5.70. The highest BCUT2D eigenvalue weighted by molar-refractivity contribution is 6.01. The molecule has 0 saturated carbocycles. The van der Waals surface area contributed by atoms with Crippen LogP contribution >= 0.6 is 0 Å². The molecule has 0 fully saturated rings. The lowest BCUT2D eigenvalue weighted by Gasteiger charge is -2.25. The van der Waals surface area contributed by atoms with Crippen LogP contribution in [0, 0.1) is 0 Å². The van der Waals surface area contributed by atoms with Crippen LogP contribution in [0.5, 0.6) is 5.75 Å². The fourth-order valence-electron chi connectivity index (χ4n) is 3.71. The van der Waals surface area contributed by atoms with Gasteiger partial charge in [-0.2, -0.15) is 0 Å². The molecule has 2 aromatic carbocycles. The summed E-state index contributed by atoms with van der Waals surface area (Å²) in [5.74, 6) is 0.741. The first-order chi connectivity index (χ1) is 14.2. The number of carbonyl (C=O) groups excluding carboxylic acids is 2. The van der Waals surface area contributed by atoms with Crippen LogP contribution in [0.2, 0.25) is 0 Å². The van der Waals surface area contributed by atoms with E-state index < -0.39 is 6.04 Å². The summed E-state index contributed by atoms with van der Waals surface area (Å²) < 4.78 is 5.84. The predicted molar refractivity (Wildman–Crippen MR) is 110 cm³/mol. The molecule has 4 rings (SSSR count). The Kier molecular flexibility index (Phi) is 5.51. The second-order valence-corrected chi connectivity index (χ2v) is 7.35. The van der Waals surface area contributed by atoms with Gasteiger partial charge in [0.05, 0.1) is 23.9 Å². The number of rotatable bonds is 7. The normalized spacial score (nSPS) is 18.4. The van der Waals surface area contributed by atoms with Gasteiger partial charge < -0.3 is 20.3 Å². The van der Waals surface area contributed by atoms with Crippen LogP contribution in [0.1, 0.15) is 36.9 Å². The Morgan fingerprint density at radius 3 is 2.55 bits per heavy atom. The van der Waals surface area contributed by atoms with Crippen molar-refractivity contribution in [3.63, 3.8) is 0 Å². The third kappa shape index (κ3) is 4.11. The van der Waals surface area contributed by atoms with E-state index in [1.165, 1.54) is 0 Å². The molecule has 0 aromatic heterocycles. The van der Waals surface area contributed by atoms with Crippen LogP contribution in [-0.4, -0.2) is 29.9 Å². The van der Waals surface area contributed by atoms with Gasteiger partial charge in [-0.15, -0.1) is 0 Å². The Labute approximate surface area is 170 Å². The van der Waals surface area contributed by atoms with E-state index in [9.17, 15) is 9.59 Å². The van der Waals surface area contributed by atoms with Crippen molar-refractivity contribution in [1.29, 1.82) is 0 Å². The average molecular weight is 391 g/mol. The van der Waals surface area contributed by atoms with E-state index in [1.54, 1.807) is 0 Å². The zero-order valence-electron chi connectivity index (χ0n) is 16.5. The number of amides is 3. The van der Waals surface area contributed by atoms with E-state index in [0.29, 0.717) is 31.0 Å². The Morgan fingerprint density at radius 2 is 1.83 bits per heavy atom. The summed E-state index contributed by atoms with van der Waals surface area (Å²) in [4.78, 5) is 26.9. The van der Waals surface area contributed by atoms with Gasteiger partial charge >= 0.3 is 6.03 Å². The summed E-state index contributed by atoms with van der Waals surface area (Å²) in [6.07, 6.45) is 1.97. The average Bonchev–Trinajstić information content (AvgIpc) is 3.06. The number of benzene rings is 2. The smallest absolute Gasteiger partial charge is 0.319 e. The Balaban J connectivity index is 1.49. The molecule has 6 heteroatoms. The molecule has 2 heterocycles. The molecule has 6 nitrogen and oxygen atoms in total. The fraction of sp³-hybridized carbons (Fsp3) is 0.304. The maximum atomic E-state index is 12.9. The first-order valence-electron chi connectivity index (χ1n) is 10.0. The van der Waals surface area contributed by atoms with Crippen molar-refractivity contribution in [3.05, 3.63) is 77.0 Å². The molecule has 0 radical (unpaired) electrons. The molecule has 0 unspecified atom stereocenters. The number of unbranched alkanes of at least 4 members (excludes halogenated alkanes) is 1.